The Morgan fingerprint density at radius 1 is 1.19 bits per heavy atom. The minimum Gasteiger partial charge on any atom is -0.474 e. The summed E-state index contributed by atoms with van der Waals surface area (Å²) in [5, 5.41) is 9.55. The molecule has 1 aromatic carbocycles. The minimum absolute atomic E-state index is 0.0773. The van der Waals surface area contributed by atoms with Crippen molar-refractivity contribution in [1.82, 2.24) is 14.9 Å². The number of likely N-dealkylation sites (tertiary alicyclic amines) is 1. The van der Waals surface area contributed by atoms with Gasteiger partial charge < -0.3 is 19.5 Å². The molecule has 10 nitrogen and oxygen atoms in total. The van der Waals surface area contributed by atoms with Crippen LogP contribution in [0.2, 0.25) is 0 Å². The third-order valence-corrected chi connectivity index (χ3v) is 7.05. The van der Waals surface area contributed by atoms with Crippen molar-refractivity contribution in [2.75, 3.05) is 19.8 Å². The number of piperidine rings is 1. The fourth-order valence-corrected chi connectivity index (χ4v) is 5.26. The molecule has 0 saturated carbocycles. The summed E-state index contributed by atoms with van der Waals surface area (Å²) in [4.78, 5) is 21.8. The van der Waals surface area contributed by atoms with Gasteiger partial charge >= 0.3 is 17.5 Å². The molecule has 2 fully saturated rings. The normalized spacial score (nSPS) is 24.5. The van der Waals surface area contributed by atoms with E-state index in [0.717, 1.165) is 18.4 Å². The van der Waals surface area contributed by atoms with E-state index in [1.165, 1.54) is 11.2 Å². The van der Waals surface area contributed by atoms with Crippen molar-refractivity contribution in [2.24, 2.45) is 11.8 Å². The molecule has 0 aliphatic carbocycles. The van der Waals surface area contributed by atoms with Gasteiger partial charge in [-0.05, 0) is 43.4 Å². The van der Waals surface area contributed by atoms with Gasteiger partial charge in [0.25, 0.3) is 0 Å². The average molecular weight is 520 g/mol. The molecule has 2 atom stereocenters. The van der Waals surface area contributed by atoms with Gasteiger partial charge in [0.05, 0.1) is 18.8 Å². The Morgan fingerprint density at radius 2 is 1.89 bits per heavy atom. The van der Waals surface area contributed by atoms with Crippen LogP contribution in [0.15, 0.2) is 30.6 Å². The lowest BCUT2D eigenvalue weighted by Crippen LogP contribution is -2.48. The number of rotatable bonds is 8. The molecule has 3 heterocycles. The maximum atomic E-state index is 11.6. The number of carbonyl (C=O) groups is 1. The lowest BCUT2D eigenvalue weighted by atomic mass is 9.92. The van der Waals surface area contributed by atoms with E-state index in [4.69, 9.17) is 17.8 Å². The Kier molecular flexibility index (Phi) is 8.76. The maximum Gasteiger partial charge on any atom is 0.407 e. The first-order chi connectivity index (χ1) is 17.3. The van der Waals surface area contributed by atoms with E-state index in [1.807, 2.05) is 31.2 Å². The Hall–Kier alpha value is -2.76. The second-order valence-corrected chi connectivity index (χ2v) is 10.6. The molecule has 0 bridgehead atoms. The maximum absolute atomic E-state index is 11.6. The summed E-state index contributed by atoms with van der Waals surface area (Å²) >= 11 is -1.63. The highest BCUT2D eigenvalue weighted by molar-refractivity contribution is 7.75. The molecule has 196 valence electrons. The SMILES string of the molecule is Cc1c(Oc2ccc(CC3COS(=O)OC3)cc2)ncnc1O[C@H]1CCN(C(=O)O)[C@@H](CC(C)C)C1. The van der Waals surface area contributed by atoms with E-state index in [0.29, 0.717) is 61.6 Å². The Labute approximate surface area is 213 Å². The zero-order valence-corrected chi connectivity index (χ0v) is 21.6. The number of benzene rings is 1. The molecule has 0 unspecified atom stereocenters. The monoisotopic (exact) mass is 519 g/mol. The number of ether oxygens (including phenoxy) is 2. The molecule has 2 aromatic rings. The van der Waals surface area contributed by atoms with Gasteiger partial charge in [-0.3, -0.25) is 8.37 Å². The summed E-state index contributed by atoms with van der Waals surface area (Å²) in [6.07, 6.45) is 3.18. The first kappa shape index (κ1) is 26.3. The van der Waals surface area contributed by atoms with Gasteiger partial charge in [0.2, 0.25) is 11.8 Å². The first-order valence-corrected chi connectivity index (χ1v) is 13.2. The number of amides is 1. The summed E-state index contributed by atoms with van der Waals surface area (Å²) in [6, 6.07) is 7.61. The summed E-state index contributed by atoms with van der Waals surface area (Å²) < 4.78 is 33.5. The largest absolute Gasteiger partial charge is 0.474 e. The van der Waals surface area contributed by atoms with E-state index < -0.39 is 17.5 Å². The lowest BCUT2D eigenvalue weighted by Gasteiger charge is -2.38. The van der Waals surface area contributed by atoms with Gasteiger partial charge in [-0.1, -0.05) is 26.0 Å². The molecule has 1 amide bonds. The molecule has 2 saturated heterocycles. The van der Waals surface area contributed by atoms with Gasteiger partial charge in [0, 0.05) is 31.3 Å². The predicted molar refractivity (Wildman–Crippen MR) is 132 cm³/mol. The number of hydrogen-bond donors (Lipinski definition) is 1. The molecule has 36 heavy (non-hydrogen) atoms. The Bertz CT molecular complexity index is 1060. The number of nitrogens with zero attached hydrogens (tertiary/aromatic N) is 3. The van der Waals surface area contributed by atoms with Gasteiger partial charge in [-0.15, -0.1) is 0 Å². The smallest absolute Gasteiger partial charge is 0.407 e. The molecule has 0 spiro atoms. The zero-order valence-electron chi connectivity index (χ0n) is 20.8. The summed E-state index contributed by atoms with van der Waals surface area (Å²) in [5.74, 6) is 2.03. The van der Waals surface area contributed by atoms with Crippen molar-refractivity contribution >= 4 is 17.5 Å². The number of aromatic nitrogens is 2. The van der Waals surface area contributed by atoms with Gasteiger partial charge in [0.15, 0.2) is 0 Å². The van der Waals surface area contributed by atoms with Gasteiger partial charge in [0.1, 0.15) is 18.2 Å². The molecule has 1 N–H and O–H groups in total. The first-order valence-electron chi connectivity index (χ1n) is 12.2. The molecule has 11 heteroatoms. The van der Waals surface area contributed by atoms with Gasteiger partial charge in [-0.2, -0.15) is 4.21 Å². The van der Waals surface area contributed by atoms with E-state index in [2.05, 4.69) is 23.8 Å². The second kappa shape index (κ2) is 12.0. The van der Waals surface area contributed by atoms with Crippen LogP contribution in [0.1, 0.15) is 44.2 Å². The molecule has 4 rings (SSSR count). The zero-order chi connectivity index (χ0) is 25.7. The molecular formula is C25H33N3O7S. The highest BCUT2D eigenvalue weighted by Crippen LogP contribution is 2.31. The highest BCUT2D eigenvalue weighted by Gasteiger charge is 2.33. The Morgan fingerprint density at radius 3 is 2.56 bits per heavy atom. The standard InChI is InChI=1S/C25H33N3O7S/c1-16(2)10-20-12-22(8-9-28(20)25(29)30)35-24-17(3)23(26-15-27-24)34-21-6-4-18(5-7-21)11-19-13-32-36(31)33-14-19/h4-7,15-16,19-20,22H,8-14H2,1-3H3,(H,29,30)/t19?,20-,22-,36?/m0/s1. The van der Waals surface area contributed by atoms with Crippen LogP contribution in [0, 0.1) is 18.8 Å². The van der Waals surface area contributed by atoms with Crippen LogP contribution in [-0.2, 0) is 26.1 Å². The van der Waals surface area contributed by atoms with Crippen molar-refractivity contribution < 1.29 is 31.9 Å². The number of carboxylic acid groups (broad SMARTS) is 1. The molecule has 2 aliphatic rings. The molecule has 0 radical (unpaired) electrons. The van der Waals surface area contributed by atoms with Crippen LogP contribution in [0.5, 0.6) is 17.5 Å². The van der Waals surface area contributed by atoms with E-state index >= 15 is 0 Å². The van der Waals surface area contributed by atoms with E-state index in [-0.39, 0.29) is 18.1 Å². The van der Waals surface area contributed by atoms with Crippen LogP contribution in [0.25, 0.3) is 0 Å². The van der Waals surface area contributed by atoms with Crippen LogP contribution in [0.3, 0.4) is 0 Å². The van der Waals surface area contributed by atoms with Crippen LogP contribution in [-0.4, -0.2) is 62.2 Å². The van der Waals surface area contributed by atoms with E-state index in [9.17, 15) is 14.1 Å². The van der Waals surface area contributed by atoms with Gasteiger partial charge in [-0.25, -0.2) is 14.8 Å². The molecule has 2 aliphatic heterocycles. The fourth-order valence-electron chi connectivity index (χ4n) is 4.58. The minimum atomic E-state index is -1.63. The van der Waals surface area contributed by atoms with Crippen molar-refractivity contribution in [1.29, 1.82) is 0 Å². The summed E-state index contributed by atoms with van der Waals surface area (Å²) in [7, 11) is 0. The van der Waals surface area contributed by atoms with Crippen LogP contribution >= 0.6 is 0 Å². The summed E-state index contributed by atoms with van der Waals surface area (Å²) in [5.41, 5.74) is 1.78. The highest BCUT2D eigenvalue weighted by atomic mass is 32.2. The van der Waals surface area contributed by atoms with Crippen molar-refractivity contribution in [3.63, 3.8) is 0 Å². The van der Waals surface area contributed by atoms with Crippen LogP contribution in [0.4, 0.5) is 4.79 Å². The lowest BCUT2D eigenvalue weighted by molar-refractivity contribution is 0.0450. The summed E-state index contributed by atoms with van der Waals surface area (Å²) in [6.45, 7) is 7.29. The third-order valence-electron chi connectivity index (χ3n) is 6.39. The third kappa shape index (κ3) is 6.92. The van der Waals surface area contributed by atoms with Crippen molar-refractivity contribution in [2.45, 2.75) is 58.6 Å². The number of hydrogen-bond acceptors (Lipinski definition) is 8. The van der Waals surface area contributed by atoms with Crippen molar-refractivity contribution in [3.8, 4) is 17.5 Å². The Balaban J connectivity index is 1.37. The molecular weight excluding hydrogens is 486 g/mol. The van der Waals surface area contributed by atoms with Crippen LogP contribution < -0.4 is 9.47 Å². The van der Waals surface area contributed by atoms with Crippen molar-refractivity contribution in [3.05, 3.63) is 41.7 Å². The average Bonchev–Trinajstić information content (AvgIpc) is 2.84. The fraction of sp³-hybridized carbons (Fsp3) is 0.560. The van der Waals surface area contributed by atoms with E-state index in [1.54, 1.807) is 0 Å². The molecule has 1 aromatic heterocycles. The quantitative estimate of drug-likeness (QED) is 0.544. The topological polar surface area (TPSA) is 120 Å². The second-order valence-electron chi connectivity index (χ2n) is 9.72. The predicted octanol–water partition coefficient (Wildman–Crippen LogP) is 4.30.